The molecule has 0 N–H and O–H groups in total. The summed E-state index contributed by atoms with van der Waals surface area (Å²) in [7, 11) is 0. The molecule has 0 saturated carbocycles. The monoisotopic (exact) mass is 323 g/mol. The molecule has 1 aromatic rings. The minimum absolute atomic E-state index is 0.0196. The van der Waals surface area contributed by atoms with Crippen LogP contribution in [0.15, 0.2) is 24.3 Å². The number of hydrogen-bond acceptors (Lipinski definition) is 3. The molecule has 0 amide bonds. The van der Waals surface area contributed by atoms with Gasteiger partial charge in [0.25, 0.3) is 0 Å². The van der Waals surface area contributed by atoms with Crippen LogP contribution in [0.5, 0.6) is 0 Å². The molecular weight excluding hydrogens is 298 g/mol. The van der Waals surface area contributed by atoms with Crippen molar-refractivity contribution >= 4 is 17.4 Å². The van der Waals surface area contributed by atoms with Gasteiger partial charge in [-0.15, -0.1) is 0 Å². The van der Waals surface area contributed by atoms with Gasteiger partial charge in [0.15, 0.2) is 5.78 Å². The third kappa shape index (κ3) is 3.70. The van der Waals surface area contributed by atoms with Crippen molar-refractivity contribution in [1.82, 2.24) is 5.06 Å². The Morgan fingerprint density at radius 3 is 2.14 bits per heavy atom. The number of nitrogens with zero attached hydrogens (tertiary/aromatic N) is 1. The summed E-state index contributed by atoms with van der Waals surface area (Å²) in [5.74, 6) is -0.0196. The first kappa shape index (κ1) is 17.5. The quantitative estimate of drug-likeness (QED) is 0.739. The third-order valence-electron chi connectivity index (χ3n) is 4.44. The summed E-state index contributed by atoms with van der Waals surface area (Å²) in [5.41, 5.74) is 0.483. The van der Waals surface area contributed by atoms with Gasteiger partial charge in [0.05, 0.1) is 0 Å². The number of halogens is 1. The van der Waals surface area contributed by atoms with Gasteiger partial charge < -0.3 is 0 Å². The van der Waals surface area contributed by atoms with E-state index < -0.39 is 6.10 Å². The molecule has 0 spiro atoms. The van der Waals surface area contributed by atoms with Gasteiger partial charge in [-0.3, -0.25) is 9.63 Å². The molecule has 1 heterocycles. The molecule has 1 atom stereocenters. The first-order valence-electron chi connectivity index (χ1n) is 7.90. The van der Waals surface area contributed by atoms with Crippen LogP contribution in [0.25, 0.3) is 0 Å². The number of hydroxylamine groups is 2. The van der Waals surface area contributed by atoms with E-state index in [1.54, 1.807) is 24.3 Å². The SMILES string of the molecule is CC(ON1C(C)(C)CCCC1(C)C)C(=O)c1ccc(Cl)cc1. The van der Waals surface area contributed by atoms with Crippen molar-refractivity contribution in [2.24, 2.45) is 0 Å². The van der Waals surface area contributed by atoms with Crippen molar-refractivity contribution in [3.05, 3.63) is 34.9 Å². The number of rotatable bonds is 4. The number of ketones is 1. The molecule has 0 aromatic heterocycles. The second-order valence-electron chi connectivity index (χ2n) is 7.39. The van der Waals surface area contributed by atoms with Crippen LogP contribution in [0.3, 0.4) is 0 Å². The summed E-state index contributed by atoms with van der Waals surface area (Å²) in [4.78, 5) is 18.7. The van der Waals surface area contributed by atoms with Crippen LogP contribution in [0, 0.1) is 0 Å². The summed E-state index contributed by atoms with van der Waals surface area (Å²) in [6.07, 6.45) is 2.80. The van der Waals surface area contributed by atoms with Crippen molar-refractivity contribution in [2.45, 2.75) is 71.1 Å². The van der Waals surface area contributed by atoms with E-state index in [9.17, 15) is 4.79 Å². The van der Waals surface area contributed by atoms with Gasteiger partial charge in [0.2, 0.25) is 0 Å². The van der Waals surface area contributed by atoms with Gasteiger partial charge in [0, 0.05) is 21.7 Å². The molecule has 122 valence electrons. The van der Waals surface area contributed by atoms with E-state index in [1.807, 2.05) is 12.0 Å². The smallest absolute Gasteiger partial charge is 0.193 e. The molecule has 22 heavy (non-hydrogen) atoms. The average Bonchev–Trinajstić information content (AvgIpc) is 2.42. The van der Waals surface area contributed by atoms with Gasteiger partial charge in [-0.2, -0.15) is 5.06 Å². The number of carbonyl (C=O) groups is 1. The maximum atomic E-state index is 12.6. The predicted molar refractivity (Wildman–Crippen MR) is 90.2 cm³/mol. The number of piperidine rings is 1. The highest BCUT2D eigenvalue weighted by Crippen LogP contribution is 2.38. The Balaban J connectivity index is 2.14. The molecule has 1 aliphatic rings. The number of benzene rings is 1. The molecule has 1 saturated heterocycles. The molecular formula is C18H26ClNO2. The summed E-state index contributed by atoms with van der Waals surface area (Å²) in [5, 5.41) is 2.66. The summed E-state index contributed by atoms with van der Waals surface area (Å²) >= 11 is 5.88. The van der Waals surface area contributed by atoms with E-state index >= 15 is 0 Å². The molecule has 1 aromatic carbocycles. The van der Waals surface area contributed by atoms with Crippen molar-refractivity contribution in [3.63, 3.8) is 0 Å². The van der Waals surface area contributed by atoms with Crippen molar-refractivity contribution < 1.29 is 9.63 Å². The van der Waals surface area contributed by atoms with E-state index in [4.69, 9.17) is 16.4 Å². The summed E-state index contributed by atoms with van der Waals surface area (Å²) in [6.45, 7) is 10.5. The molecule has 1 fully saturated rings. The minimum atomic E-state index is -0.516. The van der Waals surface area contributed by atoms with E-state index in [1.165, 1.54) is 6.42 Å². The van der Waals surface area contributed by atoms with E-state index in [0.717, 1.165) is 12.8 Å². The fraction of sp³-hybridized carbons (Fsp3) is 0.611. The Labute approximate surface area is 138 Å². The zero-order valence-electron chi connectivity index (χ0n) is 14.1. The standard InChI is InChI=1S/C18H26ClNO2/c1-13(16(21)14-7-9-15(19)10-8-14)22-20-17(2,3)11-6-12-18(20,4)5/h7-10,13H,6,11-12H2,1-5H3. The van der Waals surface area contributed by atoms with Crippen LogP contribution in [0.4, 0.5) is 0 Å². The fourth-order valence-corrected chi connectivity index (χ4v) is 3.44. The second kappa shape index (κ2) is 6.31. The molecule has 1 unspecified atom stereocenters. The van der Waals surface area contributed by atoms with E-state index in [-0.39, 0.29) is 16.9 Å². The molecule has 0 aliphatic carbocycles. The number of hydrogen-bond donors (Lipinski definition) is 0. The van der Waals surface area contributed by atoms with Gasteiger partial charge in [0.1, 0.15) is 6.10 Å². The highest BCUT2D eigenvalue weighted by atomic mass is 35.5. The Bertz CT molecular complexity index is 521. The lowest BCUT2D eigenvalue weighted by molar-refractivity contribution is -0.291. The van der Waals surface area contributed by atoms with Crippen molar-refractivity contribution in [1.29, 1.82) is 0 Å². The highest BCUT2D eigenvalue weighted by Gasteiger charge is 2.43. The van der Waals surface area contributed by atoms with Crippen molar-refractivity contribution in [2.75, 3.05) is 0 Å². The molecule has 4 heteroatoms. The first-order valence-corrected chi connectivity index (χ1v) is 8.28. The predicted octanol–water partition coefficient (Wildman–Crippen LogP) is 4.89. The van der Waals surface area contributed by atoms with E-state index in [2.05, 4.69) is 27.7 Å². The number of Topliss-reactive ketones (excluding diaryl/α,β-unsaturated/α-hetero) is 1. The summed E-state index contributed by atoms with van der Waals surface area (Å²) in [6, 6.07) is 6.96. The van der Waals surface area contributed by atoms with E-state index in [0.29, 0.717) is 10.6 Å². The van der Waals surface area contributed by atoms with Gasteiger partial charge in [-0.25, -0.2) is 0 Å². The molecule has 0 radical (unpaired) electrons. The van der Waals surface area contributed by atoms with Gasteiger partial charge in [-0.05, 0) is 78.1 Å². The Hall–Kier alpha value is -0.900. The van der Waals surface area contributed by atoms with Crippen LogP contribution in [-0.4, -0.2) is 28.0 Å². The fourth-order valence-electron chi connectivity index (χ4n) is 3.32. The third-order valence-corrected chi connectivity index (χ3v) is 4.69. The Morgan fingerprint density at radius 1 is 1.14 bits per heavy atom. The average molecular weight is 324 g/mol. The van der Waals surface area contributed by atoms with Gasteiger partial charge >= 0.3 is 0 Å². The Kier molecular flexibility index (Phi) is 5.00. The lowest BCUT2D eigenvalue weighted by atomic mass is 9.82. The molecule has 0 bridgehead atoms. The van der Waals surface area contributed by atoms with Crippen molar-refractivity contribution in [3.8, 4) is 0 Å². The lowest BCUT2D eigenvalue weighted by Crippen LogP contribution is -2.59. The zero-order chi connectivity index (χ0) is 16.5. The van der Waals surface area contributed by atoms with Crippen LogP contribution < -0.4 is 0 Å². The molecule has 3 nitrogen and oxygen atoms in total. The second-order valence-corrected chi connectivity index (χ2v) is 7.83. The maximum absolute atomic E-state index is 12.6. The van der Waals surface area contributed by atoms with Crippen LogP contribution in [-0.2, 0) is 4.84 Å². The minimum Gasteiger partial charge on any atom is -0.291 e. The molecule has 2 rings (SSSR count). The Morgan fingerprint density at radius 2 is 1.64 bits per heavy atom. The largest absolute Gasteiger partial charge is 0.291 e. The lowest BCUT2D eigenvalue weighted by Gasteiger charge is -2.52. The van der Waals surface area contributed by atoms with Crippen LogP contribution in [0.2, 0.25) is 5.02 Å². The summed E-state index contributed by atoms with van der Waals surface area (Å²) < 4.78 is 0. The maximum Gasteiger partial charge on any atom is 0.193 e. The zero-order valence-corrected chi connectivity index (χ0v) is 14.9. The topological polar surface area (TPSA) is 29.5 Å². The normalized spacial score (nSPS) is 22.3. The van der Waals surface area contributed by atoms with Crippen LogP contribution in [0.1, 0.15) is 64.2 Å². The van der Waals surface area contributed by atoms with Crippen LogP contribution >= 0.6 is 11.6 Å². The number of carbonyl (C=O) groups excluding carboxylic acids is 1. The molecule has 1 aliphatic heterocycles. The van der Waals surface area contributed by atoms with Gasteiger partial charge in [-0.1, -0.05) is 11.6 Å². The highest BCUT2D eigenvalue weighted by molar-refractivity contribution is 6.30. The first-order chi connectivity index (χ1) is 10.1.